The lowest BCUT2D eigenvalue weighted by Gasteiger charge is -2.38. The van der Waals surface area contributed by atoms with E-state index < -0.39 is 5.72 Å². The van der Waals surface area contributed by atoms with Crippen LogP contribution in [0, 0.1) is 0 Å². The SMILES string of the molecule is C=CCOC(=O)CCCCCCCCCCCCCCCOC(=O)c1c(CCC[C@@H](C)OC(C)=O)nc2[n+]3c1CC[C@H]3C[C@@]1(CCC=C[C@H](CC)O1)N2. The Labute approximate surface area is 318 Å². The van der Waals surface area contributed by atoms with E-state index in [0.29, 0.717) is 38.0 Å². The molecule has 0 fully saturated rings. The number of rotatable bonds is 25. The first-order chi connectivity index (χ1) is 25.7. The molecule has 3 aliphatic heterocycles. The van der Waals surface area contributed by atoms with Crippen molar-refractivity contribution in [3.05, 3.63) is 41.8 Å². The fraction of sp³-hybridized carbons (Fsp3) is 0.744. The van der Waals surface area contributed by atoms with Gasteiger partial charge in [0.05, 0.1) is 30.6 Å². The van der Waals surface area contributed by atoms with E-state index >= 15 is 0 Å². The van der Waals surface area contributed by atoms with Crippen molar-refractivity contribution < 1.29 is 37.9 Å². The number of anilines is 1. The lowest BCUT2D eigenvalue weighted by Crippen LogP contribution is -2.58. The number of nitrogens with zero attached hydrogens (tertiary/aromatic N) is 2. The van der Waals surface area contributed by atoms with Crippen molar-refractivity contribution in [2.75, 3.05) is 18.5 Å². The number of ether oxygens (including phenoxy) is 4. The summed E-state index contributed by atoms with van der Waals surface area (Å²) in [6.07, 6.45) is 28.9. The van der Waals surface area contributed by atoms with E-state index in [1.54, 1.807) is 6.08 Å². The van der Waals surface area contributed by atoms with E-state index in [-0.39, 0.29) is 36.2 Å². The van der Waals surface area contributed by atoms with Crippen LogP contribution in [0.5, 0.6) is 0 Å². The minimum atomic E-state index is -0.474. The van der Waals surface area contributed by atoms with Crippen LogP contribution in [-0.4, -0.2) is 54.0 Å². The zero-order valence-electron chi connectivity index (χ0n) is 33.1. The molecule has 53 heavy (non-hydrogen) atoms. The van der Waals surface area contributed by atoms with Gasteiger partial charge < -0.3 is 18.9 Å². The minimum absolute atomic E-state index is 0.0691. The summed E-state index contributed by atoms with van der Waals surface area (Å²) < 4.78 is 25.3. The minimum Gasteiger partial charge on any atom is -0.463 e. The summed E-state index contributed by atoms with van der Waals surface area (Å²) in [5.41, 5.74) is 1.94. The van der Waals surface area contributed by atoms with Gasteiger partial charge in [0.25, 0.3) is 0 Å². The van der Waals surface area contributed by atoms with Crippen LogP contribution in [0.2, 0.25) is 0 Å². The number of carbonyl (C=O) groups is 3. The van der Waals surface area contributed by atoms with Crippen LogP contribution >= 0.6 is 0 Å². The summed E-state index contributed by atoms with van der Waals surface area (Å²) in [5.74, 6) is 0.128. The van der Waals surface area contributed by atoms with Crippen LogP contribution in [0.3, 0.4) is 0 Å². The van der Waals surface area contributed by atoms with Gasteiger partial charge in [-0.2, -0.15) is 0 Å². The first-order valence-corrected chi connectivity index (χ1v) is 21.0. The number of hydrogen-bond donors (Lipinski definition) is 1. The molecule has 3 aliphatic rings. The van der Waals surface area contributed by atoms with Crippen molar-refractivity contribution in [2.24, 2.45) is 0 Å². The van der Waals surface area contributed by atoms with Crippen LogP contribution in [0.1, 0.15) is 183 Å². The van der Waals surface area contributed by atoms with Crippen molar-refractivity contribution in [2.45, 2.75) is 192 Å². The molecule has 4 rings (SSSR count). The van der Waals surface area contributed by atoms with E-state index in [9.17, 15) is 14.4 Å². The Hall–Kier alpha value is -3.27. The highest BCUT2D eigenvalue weighted by Gasteiger charge is 2.50. The maximum atomic E-state index is 13.8. The van der Waals surface area contributed by atoms with Gasteiger partial charge in [0.15, 0.2) is 5.72 Å². The zero-order chi connectivity index (χ0) is 37.9. The highest BCUT2D eigenvalue weighted by molar-refractivity contribution is 5.91. The van der Waals surface area contributed by atoms with Crippen molar-refractivity contribution >= 4 is 23.9 Å². The van der Waals surface area contributed by atoms with E-state index in [1.165, 1.54) is 58.3 Å². The van der Waals surface area contributed by atoms with Gasteiger partial charge in [0, 0.05) is 39.0 Å². The van der Waals surface area contributed by atoms with Gasteiger partial charge >= 0.3 is 23.9 Å². The Kier molecular flexibility index (Phi) is 18.3. The van der Waals surface area contributed by atoms with E-state index in [0.717, 1.165) is 94.4 Å². The number of nitrogens with one attached hydrogen (secondary N) is 1. The predicted octanol–water partition coefficient (Wildman–Crippen LogP) is 9.14. The molecular formula is C43H68N3O7+. The number of unbranched alkanes of at least 4 members (excludes halogenated alkanes) is 12. The number of esters is 3. The normalized spacial score (nSPS) is 20.7. The molecule has 1 aromatic heterocycles. The number of allylic oxidation sites excluding steroid dienone is 1. The molecule has 10 nitrogen and oxygen atoms in total. The Balaban J connectivity index is 1.20. The molecule has 0 bridgehead atoms. The molecule has 0 unspecified atom stereocenters. The van der Waals surface area contributed by atoms with Crippen molar-refractivity contribution in [3.63, 3.8) is 0 Å². The van der Waals surface area contributed by atoms with Crippen LogP contribution in [0.4, 0.5) is 5.95 Å². The third-order valence-corrected chi connectivity index (χ3v) is 10.9. The molecule has 296 valence electrons. The first kappa shape index (κ1) is 42.5. The summed E-state index contributed by atoms with van der Waals surface area (Å²) in [6, 6.07) is 0.227. The van der Waals surface area contributed by atoms with Crippen molar-refractivity contribution in [1.82, 2.24) is 4.98 Å². The molecule has 0 saturated heterocycles. The molecule has 0 radical (unpaired) electrons. The number of hydrogen-bond acceptors (Lipinski definition) is 9. The molecular weight excluding hydrogens is 670 g/mol. The summed E-state index contributed by atoms with van der Waals surface area (Å²) in [6.45, 7) is 9.79. The third-order valence-electron chi connectivity index (χ3n) is 10.9. The third kappa shape index (κ3) is 13.8. The number of aromatic nitrogens is 2. The van der Waals surface area contributed by atoms with Crippen LogP contribution in [-0.2, 0) is 41.4 Å². The smallest absolute Gasteiger partial charge is 0.394 e. The highest BCUT2D eigenvalue weighted by Crippen LogP contribution is 2.40. The van der Waals surface area contributed by atoms with E-state index in [2.05, 4.69) is 35.5 Å². The summed E-state index contributed by atoms with van der Waals surface area (Å²) >= 11 is 0. The molecule has 0 aromatic carbocycles. The molecule has 4 atom stereocenters. The Morgan fingerprint density at radius 2 is 1.70 bits per heavy atom. The molecule has 0 saturated carbocycles. The number of aryl methyl sites for hydroxylation is 1. The van der Waals surface area contributed by atoms with Gasteiger partial charge in [0.1, 0.15) is 17.9 Å². The second kappa shape index (κ2) is 22.8. The maximum Gasteiger partial charge on any atom is 0.394 e. The predicted molar refractivity (Wildman–Crippen MR) is 207 cm³/mol. The van der Waals surface area contributed by atoms with Gasteiger partial charge in [-0.3, -0.25) is 9.59 Å². The Bertz CT molecular complexity index is 1360. The lowest BCUT2D eigenvalue weighted by molar-refractivity contribution is -0.713. The van der Waals surface area contributed by atoms with Gasteiger partial charge in [0.2, 0.25) is 0 Å². The zero-order valence-corrected chi connectivity index (χ0v) is 33.1. The van der Waals surface area contributed by atoms with Crippen LogP contribution < -0.4 is 9.88 Å². The second-order valence-corrected chi connectivity index (χ2v) is 15.4. The van der Waals surface area contributed by atoms with Gasteiger partial charge in [-0.15, -0.1) is 0 Å². The van der Waals surface area contributed by atoms with Crippen molar-refractivity contribution in [3.8, 4) is 0 Å². The topological polar surface area (TPSA) is 117 Å². The number of carbonyl (C=O) groups excluding carboxylic acids is 3. The van der Waals surface area contributed by atoms with Gasteiger partial charge in [-0.05, 0) is 51.9 Å². The monoisotopic (exact) mass is 739 g/mol. The lowest BCUT2D eigenvalue weighted by atomic mass is 9.95. The average molecular weight is 739 g/mol. The Morgan fingerprint density at radius 1 is 1.02 bits per heavy atom. The largest absolute Gasteiger partial charge is 0.463 e. The standard InChI is InChI=1S/C43H67N3O7/c1-5-30-50-39(48)26-18-16-14-12-10-8-7-9-11-13-15-17-21-31-51-41(49)40-37(25-22-23-33(3)52-34(4)47)44-42-45-43(29-20-19-24-36(6-2)53-43)32-35-27-28-38(40)46(35)42/h5,19,24,33,35-36H,1,6-18,20-23,25-32H2,2-4H3/p+1/t33-,35+,36+,43+/m1/s1. The summed E-state index contributed by atoms with van der Waals surface area (Å²) in [4.78, 5) is 41.9. The first-order valence-electron chi connectivity index (χ1n) is 21.0. The van der Waals surface area contributed by atoms with Gasteiger partial charge in [-0.1, -0.05) is 107 Å². The molecule has 10 heteroatoms. The molecule has 0 aliphatic carbocycles. The fourth-order valence-corrected chi connectivity index (χ4v) is 8.15. The molecule has 1 aromatic rings. The second-order valence-electron chi connectivity index (χ2n) is 15.4. The highest BCUT2D eigenvalue weighted by atomic mass is 16.5. The maximum absolute atomic E-state index is 13.8. The van der Waals surface area contributed by atoms with Crippen LogP contribution in [0.25, 0.3) is 0 Å². The summed E-state index contributed by atoms with van der Waals surface area (Å²) in [5, 5.41) is 3.72. The van der Waals surface area contributed by atoms with Crippen molar-refractivity contribution in [1.29, 1.82) is 0 Å². The Morgan fingerprint density at radius 3 is 2.36 bits per heavy atom. The fourth-order valence-electron chi connectivity index (χ4n) is 8.15. The van der Waals surface area contributed by atoms with Gasteiger partial charge in [-0.25, -0.2) is 14.7 Å². The molecule has 1 N–H and O–H groups in total. The molecule has 4 heterocycles. The summed E-state index contributed by atoms with van der Waals surface area (Å²) in [7, 11) is 0. The molecule has 1 spiro atoms. The average Bonchev–Trinajstić information content (AvgIpc) is 3.44. The quantitative estimate of drug-likeness (QED) is 0.0345. The van der Waals surface area contributed by atoms with Crippen LogP contribution in [0.15, 0.2) is 24.8 Å². The molecule has 0 amide bonds. The van der Waals surface area contributed by atoms with E-state index in [1.807, 2.05) is 6.92 Å². The van der Waals surface area contributed by atoms with E-state index in [4.69, 9.17) is 23.9 Å².